The van der Waals surface area contributed by atoms with Crippen LogP contribution >= 0.6 is 31.9 Å². The Balaban J connectivity index is 2.21. The number of anilines is 1. The normalized spacial score (nSPS) is 12.2. The van der Waals surface area contributed by atoms with Gasteiger partial charge in [-0.05, 0) is 58.1 Å². The Morgan fingerprint density at radius 1 is 1.00 bits per heavy atom. The quantitative estimate of drug-likeness (QED) is 0.621. The fraction of sp³-hybridized carbons (Fsp3) is 0.294. The van der Waals surface area contributed by atoms with Crippen molar-refractivity contribution >= 4 is 37.5 Å². The van der Waals surface area contributed by atoms with Gasteiger partial charge in [-0.3, -0.25) is 0 Å². The van der Waals surface area contributed by atoms with Gasteiger partial charge in [-0.1, -0.05) is 54.0 Å². The summed E-state index contributed by atoms with van der Waals surface area (Å²) in [4.78, 5) is 0. The van der Waals surface area contributed by atoms with E-state index in [0.29, 0.717) is 6.04 Å². The van der Waals surface area contributed by atoms with Crippen molar-refractivity contribution < 1.29 is 0 Å². The van der Waals surface area contributed by atoms with Crippen LogP contribution < -0.4 is 5.32 Å². The van der Waals surface area contributed by atoms with E-state index >= 15 is 0 Å². The largest absolute Gasteiger partial charge is 0.377 e. The summed E-state index contributed by atoms with van der Waals surface area (Å²) in [5.41, 5.74) is 3.83. The van der Waals surface area contributed by atoms with E-state index in [1.165, 1.54) is 11.1 Å². The minimum Gasteiger partial charge on any atom is -0.377 e. The van der Waals surface area contributed by atoms with Crippen molar-refractivity contribution in [1.82, 2.24) is 0 Å². The molecule has 3 heteroatoms. The molecule has 0 radical (unpaired) electrons. The molecule has 0 bridgehead atoms. The third-order valence-corrected chi connectivity index (χ3v) is 4.64. The summed E-state index contributed by atoms with van der Waals surface area (Å²) < 4.78 is 2.17. The zero-order valence-corrected chi connectivity index (χ0v) is 15.0. The molecular formula is C17H19Br2N. The van der Waals surface area contributed by atoms with Crippen molar-refractivity contribution in [2.75, 3.05) is 5.32 Å². The highest BCUT2D eigenvalue weighted by atomic mass is 79.9. The van der Waals surface area contributed by atoms with Crippen molar-refractivity contribution in [3.63, 3.8) is 0 Å². The van der Waals surface area contributed by atoms with Crippen LogP contribution in [0.1, 0.15) is 37.4 Å². The smallest absolute Gasteiger partial charge is 0.0511 e. The van der Waals surface area contributed by atoms with E-state index in [2.05, 4.69) is 87.4 Å². The second kappa shape index (κ2) is 7.28. The van der Waals surface area contributed by atoms with Crippen molar-refractivity contribution in [2.24, 2.45) is 0 Å². The van der Waals surface area contributed by atoms with Gasteiger partial charge in [-0.2, -0.15) is 0 Å². The molecule has 1 N–H and O–H groups in total. The van der Waals surface area contributed by atoms with E-state index in [1.807, 2.05) is 6.07 Å². The Kier molecular flexibility index (Phi) is 5.67. The highest BCUT2D eigenvalue weighted by molar-refractivity contribution is 9.11. The summed E-state index contributed by atoms with van der Waals surface area (Å²) in [6.45, 7) is 4.39. The number of hydrogen-bond donors (Lipinski definition) is 1. The van der Waals surface area contributed by atoms with Gasteiger partial charge in [0, 0.05) is 8.95 Å². The third kappa shape index (κ3) is 3.86. The Bertz CT molecular complexity index is 564. The highest BCUT2D eigenvalue weighted by Gasteiger charge is 2.11. The molecular weight excluding hydrogens is 378 g/mol. The van der Waals surface area contributed by atoms with Gasteiger partial charge in [-0.25, -0.2) is 0 Å². The van der Waals surface area contributed by atoms with Gasteiger partial charge in [-0.15, -0.1) is 0 Å². The minimum atomic E-state index is 0.325. The van der Waals surface area contributed by atoms with Gasteiger partial charge in [0.25, 0.3) is 0 Å². The zero-order chi connectivity index (χ0) is 14.5. The van der Waals surface area contributed by atoms with Crippen LogP contribution in [0, 0.1) is 0 Å². The lowest BCUT2D eigenvalue weighted by atomic mass is 10.0. The van der Waals surface area contributed by atoms with Crippen molar-refractivity contribution in [2.45, 2.75) is 32.7 Å². The van der Waals surface area contributed by atoms with Crippen LogP contribution in [-0.2, 0) is 6.42 Å². The first-order valence-corrected chi connectivity index (χ1v) is 8.53. The minimum absolute atomic E-state index is 0.325. The molecule has 0 heterocycles. The SMILES string of the molecule is CCc1ccc(C(CC)Nc2cc(Br)ccc2Br)cc1. The molecule has 0 saturated heterocycles. The molecule has 0 aromatic heterocycles. The zero-order valence-electron chi connectivity index (χ0n) is 11.8. The molecule has 106 valence electrons. The Labute approximate surface area is 138 Å². The standard InChI is InChI=1S/C17H19Br2N/c1-3-12-5-7-13(8-6-12)16(4-2)20-17-11-14(18)9-10-15(17)19/h5-11,16,20H,3-4H2,1-2H3. The maximum absolute atomic E-state index is 3.61. The summed E-state index contributed by atoms with van der Waals surface area (Å²) in [5, 5.41) is 3.61. The molecule has 1 unspecified atom stereocenters. The summed E-state index contributed by atoms with van der Waals surface area (Å²) >= 11 is 7.12. The summed E-state index contributed by atoms with van der Waals surface area (Å²) in [7, 11) is 0. The van der Waals surface area contributed by atoms with Crippen LogP contribution in [0.15, 0.2) is 51.4 Å². The number of rotatable bonds is 5. The van der Waals surface area contributed by atoms with E-state index in [0.717, 1.165) is 27.5 Å². The molecule has 1 nitrogen and oxygen atoms in total. The lowest BCUT2D eigenvalue weighted by Crippen LogP contribution is -2.10. The van der Waals surface area contributed by atoms with Crippen molar-refractivity contribution in [1.29, 1.82) is 0 Å². The first-order chi connectivity index (χ1) is 9.63. The predicted molar refractivity (Wildman–Crippen MR) is 94.3 cm³/mol. The molecule has 2 aromatic carbocycles. The first-order valence-electron chi connectivity index (χ1n) is 6.94. The van der Waals surface area contributed by atoms with Crippen LogP contribution in [0.3, 0.4) is 0 Å². The highest BCUT2D eigenvalue weighted by Crippen LogP contribution is 2.30. The number of nitrogens with one attached hydrogen (secondary N) is 1. The van der Waals surface area contributed by atoms with Crippen molar-refractivity contribution in [3.8, 4) is 0 Å². The Morgan fingerprint density at radius 2 is 1.70 bits per heavy atom. The van der Waals surface area contributed by atoms with Crippen LogP contribution in [0.25, 0.3) is 0 Å². The van der Waals surface area contributed by atoms with Gasteiger partial charge >= 0.3 is 0 Å². The number of aryl methyl sites for hydroxylation is 1. The number of hydrogen-bond acceptors (Lipinski definition) is 1. The van der Waals surface area contributed by atoms with E-state index in [-0.39, 0.29) is 0 Å². The van der Waals surface area contributed by atoms with Gasteiger partial charge in [0.2, 0.25) is 0 Å². The molecule has 2 aromatic rings. The molecule has 1 atom stereocenters. The molecule has 0 spiro atoms. The molecule has 0 aliphatic rings. The van der Waals surface area contributed by atoms with Gasteiger partial charge in [0.15, 0.2) is 0 Å². The van der Waals surface area contributed by atoms with Gasteiger partial charge in [0.05, 0.1) is 11.7 Å². The maximum Gasteiger partial charge on any atom is 0.0511 e. The maximum atomic E-state index is 3.61. The second-order valence-corrected chi connectivity index (χ2v) is 6.59. The molecule has 20 heavy (non-hydrogen) atoms. The Morgan fingerprint density at radius 3 is 2.30 bits per heavy atom. The topological polar surface area (TPSA) is 12.0 Å². The predicted octanol–water partition coefficient (Wildman–Crippen LogP) is 6.34. The number of halogens is 2. The second-order valence-electron chi connectivity index (χ2n) is 4.82. The van der Waals surface area contributed by atoms with Crippen LogP contribution in [0.5, 0.6) is 0 Å². The number of benzene rings is 2. The fourth-order valence-corrected chi connectivity index (χ4v) is 2.92. The molecule has 0 aliphatic heterocycles. The fourth-order valence-electron chi connectivity index (χ4n) is 2.20. The lowest BCUT2D eigenvalue weighted by molar-refractivity contribution is 0.748. The van der Waals surface area contributed by atoms with Crippen molar-refractivity contribution in [3.05, 3.63) is 62.5 Å². The van der Waals surface area contributed by atoms with Crippen LogP contribution in [0.4, 0.5) is 5.69 Å². The van der Waals surface area contributed by atoms with Gasteiger partial charge in [0.1, 0.15) is 0 Å². The molecule has 0 saturated carbocycles. The van der Waals surface area contributed by atoms with Gasteiger partial charge < -0.3 is 5.32 Å². The third-order valence-electron chi connectivity index (χ3n) is 3.46. The monoisotopic (exact) mass is 395 g/mol. The molecule has 2 rings (SSSR count). The Hall–Kier alpha value is -0.800. The van der Waals surface area contributed by atoms with E-state index in [1.54, 1.807) is 0 Å². The lowest BCUT2D eigenvalue weighted by Gasteiger charge is -2.20. The molecule has 0 amide bonds. The van der Waals surface area contributed by atoms with E-state index < -0.39 is 0 Å². The summed E-state index contributed by atoms with van der Waals surface area (Å²) in [6.07, 6.45) is 2.13. The average molecular weight is 397 g/mol. The first kappa shape index (κ1) is 15.6. The summed E-state index contributed by atoms with van der Waals surface area (Å²) in [5.74, 6) is 0. The average Bonchev–Trinajstić information content (AvgIpc) is 2.48. The van der Waals surface area contributed by atoms with Crippen LogP contribution in [-0.4, -0.2) is 0 Å². The summed E-state index contributed by atoms with van der Waals surface area (Å²) in [6, 6.07) is 15.4. The molecule has 0 aliphatic carbocycles. The van der Waals surface area contributed by atoms with Crippen LogP contribution in [0.2, 0.25) is 0 Å². The molecule has 0 fully saturated rings. The van der Waals surface area contributed by atoms with E-state index in [9.17, 15) is 0 Å². The van der Waals surface area contributed by atoms with E-state index in [4.69, 9.17) is 0 Å².